The van der Waals surface area contributed by atoms with Crippen molar-refractivity contribution in [3.8, 4) is 10.7 Å². The summed E-state index contributed by atoms with van der Waals surface area (Å²) in [6.07, 6.45) is 8.36. The number of amides is 1. The maximum absolute atomic E-state index is 13.7. The van der Waals surface area contributed by atoms with Crippen molar-refractivity contribution in [1.82, 2.24) is 19.8 Å². The minimum atomic E-state index is -3.65. The Balaban J connectivity index is 1.11. The van der Waals surface area contributed by atoms with Crippen molar-refractivity contribution in [2.45, 2.75) is 49.3 Å². The number of rotatable bonds is 9. The van der Waals surface area contributed by atoms with E-state index in [0.29, 0.717) is 28.3 Å². The van der Waals surface area contributed by atoms with E-state index in [4.69, 9.17) is 4.98 Å². The third-order valence-corrected chi connectivity index (χ3v) is 12.7. The largest absolute Gasteiger partial charge is 0.351 e. The fraction of sp³-hybridized carbons (Fsp3) is 0.467. The first-order valence-corrected chi connectivity index (χ1v) is 17.7. The van der Waals surface area contributed by atoms with Crippen LogP contribution in [-0.2, 0) is 21.4 Å². The number of aromatic nitrogens is 2. The third kappa shape index (κ3) is 5.57. The zero-order valence-corrected chi connectivity index (χ0v) is 25.4. The molecular formula is C30H35N5O3S3. The van der Waals surface area contributed by atoms with Crippen LogP contribution in [0.15, 0.2) is 52.2 Å². The Morgan fingerprint density at radius 1 is 1.07 bits per heavy atom. The Morgan fingerprint density at radius 2 is 1.93 bits per heavy atom. The minimum Gasteiger partial charge on any atom is -0.351 e. The number of hydrogen-bond acceptors (Lipinski definition) is 7. The average molecular weight is 610 g/mol. The van der Waals surface area contributed by atoms with Crippen LogP contribution >= 0.6 is 22.7 Å². The molecule has 0 bridgehead atoms. The van der Waals surface area contributed by atoms with Gasteiger partial charge in [-0.2, -0.15) is 0 Å². The summed E-state index contributed by atoms with van der Waals surface area (Å²) in [5.41, 5.74) is 2.40. The molecule has 2 saturated heterocycles. The normalized spacial score (nSPS) is 20.2. The molecule has 1 aliphatic carbocycles. The van der Waals surface area contributed by atoms with Crippen molar-refractivity contribution in [2.75, 3.05) is 37.0 Å². The summed E-state index contributed by atoms with van der Waals surface area (Å²) in [6, 6.07) is 11.4. The number of fused-ring (bicyclic) bond motifs is 1. The van der Waals surface area contributed by atoms with E-state index in [2.05, 4.69) is 20.9 Å². The van der Waals surface area contributed by atoms with E-state index in [9.17, 15) is 13.2 Å². The lowest BCUT2D eigenvalue weighted by Crippen LogP contribution is -2.43. The third-order valence-electron chi connectivity index (χ3n) is 8.50. The van der Waals surface area contributed by atoms with Gasteiger partial charge in [0.25, 0.3) is 10.0 Å². The number of H-pyrrole nitrogens is 1. The lowest BCUT2D eigenvalue weighted by molar-refractivity contribution is -0.136. The van der Waals surface area contributed by atoms with Crippen LogP contribution < -0.4 is 4.31 Å². The number of para-hydroxylation sites is 1. The molecule has 3 fully saturated rings. The molecule has 216 valence electrons. The number of anilines is 1. The first-order valence-electron chi connectivity index (χ1n) is 14.6. The molecule has 8 nitrogen and oxygen atoms in total. The van der Waals surface area contributed by atoms with Gasteiger partial charge in [-0.25, -0.2) is 13.4 Å². The summed E-state index contributed by atoms with van der Waals surface area (Å²) in [4.78, 5) is 26.9. The fourth-order valence-electron chi connectivity index (χ4n) is 6.16. The predicted octanol–water partition coefficient (Wildman–Crippen LogP) is 5.79. The number of aromatic amines is 1. The highest BCUT2D eigenvalue weighted by Crippen LogP contribution is 2.39. The molecule has 1 aromatic carbocycles. The lowest BCUT2D eigenvalue weighted by Gasteiger charge is -2.33. The highest BCUT2D eigenvalue weighted by molar-refractivity contribution is 7.94. The van der Waals surface area contributed by atoms with Crippen LogP contribution in [0.5, 0.6) is 0 Å². The Labute approximate surface area is 249 Å². The lowest BCUT2D eigenvalue weighted by atomic mass is 9.96. The highest BCUT2D eigenvalue weighted by Gasteiger charge is 2.34. The first-order chi connectivity index (χ1) is 20.0. The summed E-state index contributed by atoms with van der Waals surface area (Å²) < 4.78 is 29.4. The molecule has 1 unspecified atom stereocenters. The zero-order chi connectivity index (χ0) is 28.0. The molecule has 1 atom stereocenters. The Kier molecular flexibility index (Phi) is 7.39. The molecule has 5 heterocycles. The van der Waals surface area contributed by atoms with E-state index < -0.39 is 10.0 Å². The van der Waals surface area contributed by atoms with Crippen LogP contribution in [0.3, 0.4) is 0 Å². The molecule has 0 radical (unpaired) electrons. The number of nitrogens with zero attached hydrogens (tertiary/aromatic N) is 4. The van der Waals surface area contributed by atoms with Crippen LogP contribution in [0.2, 0.25) is 0 Å². The number of likely N-dealkylation sites (tertiary alicyclic amines) is 2. The topological polar surface area (TPSA) is 89.6 Å². The molecule has 41 heavy (non-hydrogen) atoms. The quantitative estimate of drug-likeness (QED) is 0.259. The van der Waals surface area contributed by atoms with Crippen LogP contribution in [0, 0.1) is 11.8 Å². The number of carbonyl (C=O) groups excluding carboxylic acids is 1. The van der Waals surface area contributed by atoms with Crippen LogP contribution in [0.4, 0.5) is 5.69 Å². The van der Waals surface area contributed by atoms with Gasteiger partial charge in [-0.15, -0.1) is 22.7 Å². The molecule has 2 aliphatic heterocycles. The Morgan fingerprint density at radius 3 is 2.71 bits per heavy atom. The number of thiophene rings is 1. The Bertz CT molecular complexity index is 1630. The van der Waals surface area contributed by atoms with Gasteiger partial charge in [-0.05, 0) is 74.6 Å². The molecular weight excluding hydrogens is 575 g/mol. The average Bonchev–Trinajstić information content (AvgIpc) is 3.52. The second-order valence-electron chi connectivity index (χ2n) is 11.6. The number of thiazole rings is 1. The summed E-state index contributed by atoms with van der Waals surface area (Å²) in [6.45, 7) is 4.93. The first kappa shape index (κ1) is 27.1. The molecule has 1 saturated carbocycles. The number of carbonyl (C=O) groups is 1. The standard InChI is InChI=1S/C30H35N5O3S3/c36-30(34-13-1-2-14-34)23-7-4-12-33(19-23)20-24-17-31-29(40-24)25-16-22-6-3-8-26(28(22)32-25)35(18-21-10-11-21)41(37,38)27-9-5-15-39-27/h3,5-6,8-9,15-17,21,23,32H,1-2,4,7,10-14,18-20H2. The van der Waals surface area contributed by atoms with Gasteiger partial charge in [-0.3, -0.25) is 14.0 Å². The number of nitrogens with one attached hydrogen (secondary N) is 1. The summed E-state index contributed by atoms with van der Waals surface area (Å²) in [5, 5.41) is 3.67. The van der Waals surface area contributed by atoms with Crippen molar-refractivity contribution < 1.29 is 13.2 Å². The van der Waals surface area contributed by atoms with E-state index in [1.165, 1.54) is 16.2 Å². The van der Waals surface area contributed by atoms with E-state index in [0.717, 1.165) is 92.9 Å². The molecule has 3 aromatic heterocycles. The van der Waals surface area contributed by atoms with E-state index in [1.54, 1.807) is 27.8 Å². The SMILES string of the molecule is O=C(C1CCCN(Cc2cnc(-c3cc4cccc(N(CC5CC5)S(=O)(=O)c5cccs5)c4[nH]3)s2)C1)N1CCCC1. The summed E-state index contributed by atoms with van der Waals surface area (Å²) in [7, 11) is -3.65. The van der Waals surface area contributed by atoms with E-state index in [-0.39, 0.29) is 5.92 Å². The van der Waals surface area contributed by atoms with Gasteiger partial charge in [0.05, 0.1) is 22.8 Å². The van der Waals surface area contributed by atoms with Crippen molar-refractivity contribution in [3.63, 3.8) is 0 Å². The monoisotopic (exact) mass is 609 g/mol. The molecule has 1 N–H and O–H groups in total. The molecule has 3 aliphatic rings. The van der Waals surface area contributed by atoms with Gasteiger partial charge in [0.15, 0.2) is 0 Å². The van der Waals surface area contributed by atoms with E-state index in [1.807, 2.05) is 29.8 Å². The number of sulfonamides is 1. The maximum Gasteiger partial charge on any atom is 0.273 e. The van der Waals surface area contributed by atoms with Crippen molar-refractivity contribution >= 4 is 55.2 Å². The van der Waals surface area contributed by atoms with Crippen LogP contribution in [0.1, 0.15) is 43.4 Å². The van der Waals surface area contributed by atoms with Gasteiger partial charge >= 0.3 is 0 Å². The fourth-order valence-corrected chi connectivity index (χ4v) is 9.75. The predicted molar refractivity (Wildman–Crippen MR) is 165 cm³/mol. The molecule has 0 spiro atoms. The molecule has 4 aromatic rings. The van der Waals surface area contributed by atoms with Crippen LogP contribution in [-0.4, -0.2) is 66.8 Å². The van der Waals surface area contributed by atoms with Gasteiger partial charge in [0, 0.05) is 49.2 Å². The maximum atomic E-state index is 13.7. The molecule has 11 heteroatoms. The van der Waals surface area contributed by atoms with Gasteiger partial charge in [-0.1, -0.05) is 18.2 Å². The zero-order valence-electron chi connectivity index (χ0n) is 23.0. The highest BCUT2D eigenvalue weighted by atomic mass is 32.2. The Hall–Kier alpha value is -2.73. The number of benzene rings is 1. The number of hydrogen-bond donors (Lipinski definition) is 1. The van der Waals surface area contributed by atoms with Gasteiger partial charge in [0.1, 0.15) is 9.22 Å². The van der Waals surface area contributed by atoms with Crippen molar-refractivity contribution in [1.29, 1.82) is 0 Å². The van der Waals surface area contributed by atoms with Gasteiger partial charge in [0.2, 0.25) is 5.91 Å². The molecule has 7 rings (SSSR count). The smallest absolute Gasteiger partial charge is 0.273 e. The summed E-state index contributed by atoms with van der Waals surface area (Å²) >= 11 is 2.92. The van der Waals surface area contributed by atoms with E-state index >= 15 is 0 Å². The number of piperidine rings is 1. The van der Waals surface area contributed by atoms with Gasteiger partial charge < -0.3 is 9.88 Å². The second-order valence-corrected chi connectivity index (χ2v) is 15.7. The van der Waals surface area contributed by atoms with Crippen molar-refractivity contribution in [2.24, 2.45) is 11.8 Å². The second kappa shape index (κ2) is 11.2. The molecule has 1 amide bonds. The van der Waals surface area contributed by atoms with Crippen molar-refractivity contribution in [3.05, 3.63) is 52.9 Å². The summed E-state index contributed by atoms with van der Waals surface area (Å²) in [5.74, 6) is 0.837. The minimum absolute atomic E-state index is 0.102. The van der Waals surface area contributed by atoms with Crippen LogP contribution in [0.25, 0.3) is 21.6 Å².